The second-order valence-electron chi connectivity index (χ2n) is 9.27. The fourth-order valence-electron chi connectivity index (χ4n) is 3.91. The summed E-state index contributed by atoms with van der Waals surface area (Å²) in [5, 5.41) is 6.60. The number of hydrogen-bond donors (Lipinski definition) is 1. The number of amides is 1. The summed E-state index contributed by atoms with van der Waals surface area (Å²) < 4.78 is 46.4. The molecule has 0 saturated heterocycles. The maximum absolute atomic E-state index is 13.0. The second kappa shape index (κ2) is 10.5. The van der Waals surface area contributed by atoms with Crippen molar-refractivity contribution in [1.82, 2.24) is 15.1 Å². The summed E-state index contributed by atoms with van der Waals surface area (Å²) in [6, 6.07) is 16.3. The highest BCUT2D eigenvalue weighted by Crippen LogP contribution is 2.42. The Morgan fingerprint density at radius 3 is 2.54 bits per heavy atom. The van der Waals surface area contributed by atoms with Crippen molar-refractivity contribution < 1.29 is 22.7 Å². The molecule has 0 bridgehead atoms. The Hall–Kier alpha value is -3.29. The molecule has 1 N–H and O–H groups in total. The van der Waals surface area contributed by atoms with Gasteiger partial charge in [0, 0.05) is 30.3 Å². The number of alkyl halides is 3. The second-order valence-corrected chi connectivity index (χ2v) is 9.27. The molecule has 35 heavy (non-hydrogen) atoms. The number of halogens is 3. The molecular formula is C27H30F3N3O2. The molecule has 186 valence electrons. The molecule has 1 saturated carbocycles. The van der Waals surface area contributed by atoms with Gasteiger partial charge in [-0.15, -0.1) is 0 Å². The van der Waals surface area contributed by atoms with E-state index in [0.717, 1.165) is 30.2 Å². The molecule has 0 unspecified atom stereocenters. The molecule has 1 amide bonds. The number of nitrogens with zero attached hydrogens (tertiary/aromatic N) is 2. The van der Waals surface area contributed by atoms with Crippen LogP contribution in [0.5, 0.6) is 5.75 Å². The van der Waals surface area contributed by atoms with Gasteiger partial charge in [0.15, 0.2) is 5.69 Å². The van der Waals surface area contributed by atoms with Gasteiger partial charge in [-0.1, -0.05) is 38.1 Å². The zero-order chi connectivity index (χ0) is 25.0. The lowest BCUT2D eigenvalue weighted by atomic mass is 10.0. The van der Waals surface area contributed by atoms with E-state index in [2.05, 4.69) is 24.3 Å². The number of carbonyl (C=O) groups is 1. The summed E-state index contributed by atoms with van der Waals surface area (Å²) in [7, 11) is 0. The Morgan fingerprint density at radius 2 is 1.89 bits per heavy atom. The molecule has 0 radical (unpaired) electrons. The molecule has 1 fully saturated rings. The Labute approximate surface area is 203 Å². The third kappa shape index (κ3) is 6.65. The van der Waals surface area contributed by atoms with Crippen molar-refractivity contribution in [1.29, 1.82) is 0 Å². The van der Waals surface area contributed by atoms with E-state index in [0.29, 0.717) is 43.3 Å². The van der Waals surface area contributed by atoms with Crippen LogP contribution in [-0.2, 0) is 19.3 Å². The SMILES string of the molecule is CC(C)c1ccc(OCc2cccc(C(=O)NCCCn3nc(C(F)(F)F)cc3C3CC3)c2)cc1. The maximum atomic E-state index is 13.0. The Balaban J connectivity index is 1.27. The highest BCUT2D eigenvalue weighted by atomic mass is 19.4. The molecule has 1 aromatic heterocycles. The Kier molecular flexibility index (Phi) is 7.48. The molecule has 1 aliphatic rings. The van der Waals surface area contributed by atoms with Crippen LogP contribution in [-0.4, -0.2) is 22.2 Å². The lowest BCUT2D eigenvalue weighted by Crippen LogP contribution is -2.25. The van der Waals surface area contributed by atoms with Crippen LogP contribution in [0.15, 0.2) is 54.6 Å². The predicted octanol–water partition coefficient (Wildman–Crippen LogP) is 6.30. The van der Waals surface area contributed by atoms with E-state index < -0.39 is 11.9 Å². The van der Waals surface area contributed by atoms with Crippen LogP contribution >= 0.6 is 0 Å². The molecule has 0 spiro atoms. The number of benzene rings is 2. The van der Waals surface area contributed by atoms with Crippen LogP contribution < -0.4 is 10.1 Å². The minimum Gasteiger partial charge on any atom is -0.489 e. The van der Waals surface area contributed by atoms with Gasteiger partial charge in [0.25, 0.3) is 5.91 Å². The first-order valence-corrected chi connectivity index (χ1v) is 12.0. The summed E-state index contributed by atoms with van der Waals surface area (Å²) in [5.74, 6) is 1.15. The van der Waals surface area contributed by atoms with E-state index >= 15 is 0 Å². The van der Waals surface area contributed by atoms with Gasteiger partial charge in [-0.05, 0) is 66.6 Å². The molecule has 0 aliphatic heterocycles. The third-order valence-electron chi connectivity index (χ3n) is 6.07. The zero-order valence-electron chi connectivity index (χ0n) is 19.9. The highest BCUT2D eigenvalue weighted by molar-refractivity contribution is 5.94. The van der Waals surface area contributed by atoms with Crippen molar-refractivity contribution in [3.8, 4) is 5.75 Å². The first-order chi connectivity index (χ1) is 16.7. The molecule has 8 heteroatoms. The van der Waals surface area contributed by atoms with Crippen molar-refractivity contribution in [2.24, 2.45) is 0 Å². The third-order valence-corrected chi connectivity index (χ3v) is 6.07. The van der Waals surface area contributed by atoms with Crippen LogP contribution in [0.4, 0.5) is 13.2 Å². The van der Waals surface area contributed by atoms with E-state index in [1.54, 1.807) is 18.2 Å². The molecule has 1 heterocycles. The maximum Gasteiger partial charge on any atom is 0.435 e. The van der Waals surface area contributed by atoms with Crippen molar-refractivity contribution in [3.63, 3.8) is 0 Å². The lowest BCUT2D eigenvalue weighted by molar-refractivity contribution is -0.141. The number of ether oxygens (including phenoxy) is 1. The van der Waals surface area contributed by atoms with E-state index in [1.165, 1.54) is 10.2 Å². The average molecular weight is 486 g/mol. The number of rotatable bonds is 10. The van der Waals surface area contributed by atoms with E-state index in [4.69, 9.17) is 4.74 Å². The normalized spacial score (nSPS) is 13.8. The van der Waals surface area contributed by atoms with Gasteiger partial charge >= 0.3 is 6.18 Å². The summed E-state index contributed by atoms with van der Waals surface area (Å²) >= 11 is 0. The lowest BCUT2D eigenvalue weighted by Gasteiger charge is -2.11. The quantitative estimate of drug-likeness (QED) is 0.343. The topological polar surface area (TPSA) is 56.1 Å². The van der Waals surface area contributed by atoms with Gasteiger partial charge in [0.2, 0.25) is 0 Å². The Morgan fingerprint density at radius 1 is 1.14 bits per heavy atom. The minimum absolute atomic E-state index is 0.159. The molecule has 1 aliphatic carbocycles. The number of hydrogen-bond acceptors (Lipinski definition) is 3. The van der Waals surface area contributed by atoms with Crippen LogP contribution in [0.2, 0.25) is 0 Å². The molecule has 5 nitrogen and oxygen atoms in total. The Bertz CT molecular complexity index is 1150. The van der Waals surface area contributed by atoms with Gasteiger partial charge in [-0.2, -0.15) is 18.3 Å². The minimum atomic E-state index is -4.45. The number of aromatic nitrogens is 2. The average Bonchev–Trinajstić information content (AvgIpc) is 3.58. The van der Waals surface area contributed by atoms with Crippen molar-refractivity contribution in [3.05, 3.63) is 82.7 Å². The largest absolute Gasteiger partial charge is 0.489 e. The van der Waals surface area contributed by atoms with Crippen LogP contribution in [0.25, 0.3) is 0 Å². The fourth-order valence-corrected chi connectivity index (χ4v) is 3.91. The van der Waals surface area contributed by atoms with E-state index in [1.807, 2.05) is 30.3 Å². The summed E-state index contributed by atoms with van der Waals surface area (Å²) in [4.78, 5) is 12.6. The fraction of sp³-hybridized carbons (Fsp3) is 0.407. The molecular weight excluding hydrogens is 455 g/mol. The molecule has 4 rings (SSSR count). The number of nitrogens with one attached hydrogen (secondary N) is 1. The predicted molar refractivity (Wildman–Crippen MR) is 127 cm³/mol. The van der Waals surface area contributed by atoms with Crippen molar-refractivity contribution in [2.75, 3.05) is 6.54 Å². The van der Waals surface area contributed by atoms with Gasteiger partial charge in [0.05, 0.1) is 0 Å². The highest BCUT2D eigenvalue weighted by Gasteiger charge is 2.37. The first-order valence-electron chi connectivity index (χ1n) is 12.0. The van der Waals surface area contributed by atoms with Crippen molar-refractivity contribution >= 4 is 5.91 Å². The number of aryl methyl sites for hydroxylation is 1. The van der Waals surface area contributed by atoms with Crippen LogP contribution in [0.1, 0.15) is 77.8 Å². The number of carbonyl (C=O) groups excluding carboxylic acids is 1. The summed E-state index contributed by atoms with van der Waals surface area (Å²) in [6.45, 7) is 5.28. The van der Waals surface area contributed by atoms with Gasteiger partial charge in [0.1, 0.15) is 12.4 Å². The summed E-state index contributed by atoms with van der Waals surface area (Å²) in [6.07, 6.45) is -2.18. The van der Waals surface area contributed by atoms with E-state index in [9.17, 15) is 18.0 Å². The summed E-state index contributed by atoms with van der Waals surface area (Å²) in [5.41, 5.74) is 2.41. The zero-order valence-corrected chi connectivity index (χ0v) is 19.9. The van der Waals surface area contributed by atoms with Crippen LogP contribution in [0, 0.1) is 0 Å². The van der Waals surface area contributed by atoms with Crippen molar-refractivity contribution in [2.45, 2.75) is 64.3 Å². The van der Waals surface area contributed by atoms with Gasteiger partial charge < -0.3 is 10.1 Å². The van der Waals surface area contributed by atoms with E-state index in [-0.39, 0.29) is 11.8 Å². The van der Waals surface area contributed by atoms with Crippen LogP contribution in [0.3, 0.4) is 0 Å². The van der Waals surface area contributed by atoms with Gasteiger partial charge in [-0.3, -0.25) is 9.48 Å². The molecule has 2 aromatic carbocycles. The molecule has 0 atom stereocenters. The monoisotopic (exact) mass is 485 g/mol. The first kappa shape index (κ1) is 24.8. The molecule has 3 aromatic rings. The van der Waals surface area contributed by atoms with Gasteiger partial charge in [-0.25, -0.2) is 0 Å². The smallest absolute Gasteiger partial charge is 0.435 e. The standard InChI is InChI=1S/C27H30F3N3O2/c1-18(2)20-9-11-23(12-10-20)35-17-19-5-3-6-22(15-19)26(34)31-13-4-14-33-24(21-7-8-21)16-25(32-33)27(28,29)30/h3,5-6,9-12,15-16,18,21H,4,7-8,13-14,17H2,1-2H3,(H,31,34).